The average Bonchev–Trinajstić information content (AvgIpc) is 3.24. The second-order valence-electron chi connectivity index (χ2n) is 7.63. The summed E-state index contributed by atoms with van der Waals surface area (Å²) in [5, 5.41) is 4.64. The molecule has 2 heteroatoms. The van der Waals surface area contributed by atoms with Gasteiger partial charge in [0.2, 0.25) is 0 Å². The second kappa shape index (κ2) is 5.49. The Labute approximate surface area is 162 Å². The Morgan fingerprint density at radius 1 is 0.429 bits per heavy atom. The van der Waals surface area contributed by atoms with Crippen LogP contribution < -0.4 is 0 Å². The van der Waals surface area contributed by atoms with Crippen molar-refractivity contribution in [3.63, 3.8) is 0 Å². The van der Waals surface area contributed by atoms with Gasteiger partial charge < -0.3 is 8.83 Å². The van der Waals surface area contributed by atoms with Gasteiger partial charge in [0.05, 0.1) is 0 Å². The van der Waals surface area contributed by atoms with Crippen LogP contribution in [0.2, 0.25) is 0 Å². The van der Waals surface area contributed by atoms with Crippen molar-refractivity contribution in [1.29, 1.82) is 0 Å². The van der Waals surface area contributed by atoms with Gasteiger partial charge in [0.25, 0.3) is 0 Å². The van der Waals surface area contributed by atoms with Gasteiger partial charge in [-0.1, -0.05) is 35.9 Å². The van der Waals surface area contributed by atoms with Gasteiger partial charge in [-0.05, 0) is 73.0 Å². The Bertz CT molecular complexity index is 1530. The van der Waals surface area contributed by atoms with Gasteiger partial charge in [-0.25, -0.2) is 0 Å². The molecule has 0 saturated heterocycles. The minimum atomic E-state index is 0.926. The van der Waals surface area contributed by atoms with Crippen LogP contribution in [-0.4, -0.2) is 0 Å². The van der Waals surface area contributed by atoms with Crippen molar-refractivity contribution in [1.82, 2.24) is 0 Å². The third kappa shape index (κ3) is 2.21. The molecule has 0 radical (unpaired) electrons. The van der Waals surface area contributed by atoms with Crippen LogP contribution in [0.15, 0.2) is 81.6 Å². The van der Waals surface area contributed by atoms with Crippen molar-refractivity contribution in [2.24, 2.45) is 0 Å². The Kier molecular flexibility index (Phi) is 3.05. The summed E-state index contributed by atoms with van der Waals surface area (Å²) in [6.07, 6.45) is 0. The normalized spacial score (nSPS) is 11.9. The van der Waals surface area contributed by atoms with Crippen molar-refractivity contribution in [3.05, 3.63) is 83.9 Å². The predicted octanol–water partition coefficient (Wildman–Crippen LogP) is 7.77. The first-order valence-electron chi connectivity index (χ1n) is 9.52. The summed E-state index contributed by atoms with van der Waals surface area (Å²) in [6, 6.07) is 25.6. The van der Waals surface area contributed by atoms with Crippen molar-refractivity contribution >= 4 is 43.9 Å². The number of furan rings is 2. The highest BCUT2D eigenvalue weighted by atomic mass is 16.3. The van der Waals surface area contributed by atoms with E-state index in [4.69, 9.17) is 8.83 Å². The molecule has 0 bridgehead atoms. The molecule has 0 aliphatic rings. The van der Waals surface area contributed by atoms with Crippen LogP contribution >= 0.6 is 0 Å². The minimum Gasteiger partial charge on any atom is -0.456 e. The number of fused-ring (bicyclic) bond motifs is 6. The van der Waals surface area contributed by atoms with Gasteiger partial charge in [-0.3, -0.25) is 0 Å². The lowest BCUT2D eigenvalue weighted by Gasteiger charge is -2.02. The van der Waals surface area contributed by atoms with E-state index in [1.165, 1.54) is 27.6 Å². The number of hydrogen-bond donors (Lipinski definition) is 0. The summed E-state index contributed by atoms with van der Waals surface area (Å²) in [5.74, 6) is 0. The molecule has 6 rings (SSSR count). The highest BCUT2D eigenvalue weighted by Crippen LogP contribution is 2.36. The number of hydrogen-bond acceptors (Lipinski definition) is 2. The highest BCUT2D eigenvalue weighted by Gasteiger charge is 2.11. The molecule has 0 atom stereocenters. The molecule has 0 fully saturated rings. The van der Waals surface area contributed by atoms with Crippen LogP contribution in [0.25, 0.3) is 55.0 Å². The molecule has 2 heterocycles. The molecule has 0 amide bonds. The van der Waals surface area contributed by atoms with Crippen LogP contribution in [0, 0.1) is 13.8 Å². The summed E-state index contributed by atoms with van der Waals surface area (Å²) < 4.78 is 12.0. The molecular formula is C26H18O2. The fourth-order valence-corrected chi connectivity index (χ4v) is 4.13. The Morgan fingerprint density at radius 3 is 1.64 bits per heavy atom. The van der Waals surface area contributed by atoms with E-state index in [9.17, 15) is 0 Å². The molecule has 0 spiro atoms. The first-order chi connectivity index (χ1) is 13.7. The van der Waals surface area contributed by atoms with E-state index in [1.54, 1.807) is 0 Å². The lowest BCUT2D eigenvalue weighted by molar-refractivity contribution is 0.668. The molecule has 0 unspecified atom stereocenters. The fourth-order valence-electron chi connectivity index (χ4n) is 4.13. The van der Waals surface area contributed by atoms with Gasteiger partial charge >= 0.3 is 0 Å². The molecule has 2 nitrogen and oxygen atoms in total. The highest BCUT2D eigenvalue weighted by molar-refractivity contribution is 6.08. The molecule has 0 aliphatic heterocycles. The number of aryl methyl sites for hydroxylation is 2. The Morgan fingerprint density at radius 2 is 0.929 bits per heavy atom. The Hall–Kier alpha value is -3.52. The van der Waals surface area contributed by atoms with Gasteiger partial charge in [0.1, 0.15) is 22.3 Å². The Balaban J connectivity index is 1.59. The smallest absolute Gasteiger partial charge is 0.135 e. The van der Waals surface area contributed by atoms with E-state index in [0.717, 1.165) is 38.5 Å². The molecule has 2 aromatic heterocycles. The van der Waals surface area contributed by atoms with E-state index in [2.05, 4.69) is 86.6 Å². The molecule has 28 heavy (non-hydrogen) atoms. The second-order valence-corrected chi connectivity index (χ2v) is 7.63. The van der Waals surface area contributed by atoms with Crippen molar-refractivity contribution < 1.29 is 8.83 Å². The summed E-state index contributed by atoms with van der Waals surface area (Å²) in [5.41, 5.74) is 8.54. The first-order valence-corrected chi connectivity index (χ1v) is 9.52. The standard InChI is InChI=1S/C26H18O2/c1-15-4-8-23-20(11-15)22-14-18(6-10-25(22)27-23)17-5-9-24-21(13-17)19-7-3-16(2)12-26(19)28-24/h3-14H,1-2H3. The number of rotatable bonds is 1. The largest absolute Gasteiger partial charge is 0.456 e. The topological polar surface area (TPSA) is 26.3 Å². The number of benzene rings is 4. The average molecular weight is 362 g/mol. The molecular weight excluding hydrogens is 344 g/mol. The summed E-state index contributed by atoms with van der Waals surface area (Å²) in [4.78, 5) is 0. The SMILES string of the molecule is Cc1ccc2c(c1)oc1ccc(-c3ccc4oc5ccc(C)cc5c4c3)cc12. The third-order valence-corrected chi connectivity index (χ3v) is 5.58. The molecule has 0 aliphatic carbocycles. The quantitative estimate of drug-likeness (QED) is 0.299. The van der Waals surface area contributed by atoms with Gasteiger partial charge in [-0.15, -0.1) is 0 Å². The molecule has 4 aromatic carbocycles. The fraction of sp³-hybridized carbons (Fsp3) is 0.0769. The van der Waals surface area contributed by atoms with E-state index in [-0.39, 0.29) is 0 Å². The predicted molar refractivity (Wildman–Crippen MR) is 116 cm³/mol. The van der Waals surface area contributed by atoms with Crippen molar-refractivity contribution in [2.75, 3.05) is 0 Å². The van der Waals surface area contributed by atoms with Crippen molar-refractivity contribution in [3.8, 4) is 11.1 Å². The lowest BCUT2D eigenvalue weighted by atomic mass is 10.00. The van der Waals surface area contributed by atoms with Crippen LogP contribution in [0.5, 0.6) is 0 Å². The van der Waals surface area contributed by atoms with Crippen LogP contribution in [0.1, 0.15) is 11.1 Å². The van der Waals surface area contributed by atoms with E-state index < -0.39 is 0 Å². The zero-order valence-electron chi connectivity index (χ0n) is 15.7. The monoisotopic (exact) mass is 362 g/mol. The minimum absolute atomic E-state index is 0.926. The maximum absolute atomic E-state index is 6.04. The zero-order chi connectivity index (χ0) is 18.8. The van der Waals surface area contributed by atoms with Crippen LogP contribution in [0.3, 0.4) is 0 Å². The van der Waals surface area contributed by atoms with Crippen LogP contribution in [-0.2, 0) is 0 Å². The summed E-state index contributed by atoms with van der Waals surface area (Å²) >= 11 is 0. The van der Waals surface area contributed by atoms with Gasteiger partial charge in [0, 0.05) is 21.5 Å². The van der Waals surface area contributed by atoms with Gasteiger partial charge in [0.15, 0.2) is 0 Å². The first kappa shape index (κ1) is 15.5. The van der Waals surface area contributed by atoms with Crippen molar-refractivity contribution in [2.45, 2.75) is 13.8 Å². The third-order valence-electron chi connectivity index (χ3n) is 5.58. The van der Waals surface area contributed by atoms with E-state index >= 15 is 0 Å². The summed E-state index contributed by atoms with van der Waals surface area (Å²) in [7, 11) is 0. The van der Waals surface area contributed by atoms with Crippen LogP contribution in [0.4, 0.5) is 0 Å². The molecule has 0 N–H and O–H groups in total. The molecule has 6 aromatic rings. The van der Waals surface area contributed by atoms with Gasteiger partial charge in [-0.2, -0.15) is 0 Å². The molecule has 0 saturated carbocycles. The maximum atomic E-state index is 6.04. The molecule has 134 valence electrons. The van der Waals surface area contributed by atoms with E-state index in [0.29, 0.717) is 0 Å². The lowest BCUT2D eigenvalue weighted by Crippen LogP contribution is -1.78. The maximum Gasteiger partial charge on any atom is 0.135 e. The zero-order valence-corrected chi connectivity index (χ0v) is 15.7. The van der Waals surface area contributed by atoms with E-state index in [1.807, 2.05) is 0 Å². The summed E-state index contributed by atoms with van der Waals surface area (Å²) in [6.45, 7) is 4.20.